The second-order valence-electron chi connectivity index (χ2n) is 13.2. The molecule has 4 heterocycles. The Balaban J connectivity index is 1.20. The van der Waals surface area contributed by atoms with Crippen molar-refractivity contribution < 1.29 is 23.0 Å². The van der Waals surface area contributed by atoms with E-state index >= 15 is 0 Å². The van der Waals surface area contributed by atoms with Gasteiger partial charge in [-0.3, -0.25) is 14.5 Å². The topological polar surface area (TPSA) is 111 Å². The summed E-state index contributed by atoms with van der Waals surface area (Å²) in [4.78, 5) is 36.9. The van der Waals surface area contributed by atoms with Gasteiger partial charge in [-0.05, 0) is 87.5 Å². The number of hydrogen-bond donors (Lipinski definition) is 1. The van der Waals surface area contributed by atoms with Crippen molar-refractivity contribution in [3.8, 4) is 28.3 Å². The van der Waals surface area contributed by atoms with Gasteiger partial charge in [0.05, 0.1) is 41.9 Å². The van der Waals surface area contributed by atoms with Gasteiger partial charge >= 0.3 is 5.97 Å². The second kappa shape index (κ2) is 14.6. The summed E-state index contributed by atoms with van der Waals surface area (Å²) < 4.78 is 40.0. The number of anilines is 2. The first-order valence-corrected chi connectivity index (χ1v) is 17.8. The van der Waals surface area contributed by atoms with E-state index in [0.717, 1.165) is 76.8 Å². The Morgan fingerprint density at radius 3 is 2.52 bits per heavy atom. The summed E-state index contributed by atoms with van der Waals surface area (Å²) in [7, 11) is 3.13. The molecule has 0 spiro atoms. The monoisotopic (exact) mass is 728 g/mol. The molecule has 0 amide bonds. The first-order chi connectivity index (χ1) is 25.1. The van der Waals surface area contributed by atoms with Gasteiger partial charge in [0.1, 0.15) is 11.5 Å². The largest absolute Gasteiger partial charge is 0.481 e. The summed E-state index contributed by atoms with van der Waals surface area (Å²) in [5, 5.41) is 8.08. The molecular formula is C39H39ClF2N6O4. The number of nitrogens with zero attached hydrogens (tertiary/aromatic N) is 5. The van der Waals surface area contributed by atoms with Crippen LogP contribution in [-0.4, -0.2) is 57.4 Å². The van der Waals surface area contributed by atoms with Crippen LogP contribution in [0.25, 0.3) is 33.2 Å². The van der Waals surface area contributed by atoms with Crippen molar-refractivity contribution in [1.82, 2.24) is 24.6 Å². The average Bonchev–Trinajstić information content (AvgIpc) is 3.58. The first kappa shape index (κ1) is 35.5. The number of fused-ring (bicyclic) bond motifs is 2. The van der Waals surface area contributed by atoms with E-state index in [1.165, 1.54) is 19.3 Å². The van der Waals surface area contributed by atoms with Gasteiger partial charge in [0.25, 0.3) is 12.0 Å². The number of carbonyl (C=O) groups excluding carboxylic acids is 1. The molecule has 1 saturated heterocycles. The molecule has 1 aliphatic carbocycles. The van der Waals surface area contributed by atoms with E-state index in [0.29, 0.717) is 28.9 Å². The molecule has 0 unspecified atom stereocenters. The summed E-state index contributed by atoms with van der Waals surface area (Å²) in [6.07, 6.45) is 1.87. The highest BCUT2D eigenvalue weighted by molar-refractivity contribution is 6.36. The molecule has 1 fully saturated rings. The van der Waals surface area contributed by atoms with Crippen molar-refractivity contribution in [2.24, 2.45) is 13.0 Å². The molecular weight excluding hydrogens is 690 g/mol. The van der Waals surface area contributed by atoms with Crippen LogP contribution in [0.4, 0.5) is 20.3 Å². The zero-order valence-electron chi connectivity index (χ0n) is 29.4. The van der Waals surface area contributed by atoms with E-state index in [9.17, 15) is 18.4 Å². The molecule has 1 atom stereocenters. The van der Waals surface area contributed by atoms with E-state index in [1.54, 1.807) is 13.2 Å². The number of aryl methyl sites for hydroxylation is 2. The van der Waals surface area contributed by atoms with Crippen LogP contribution in [0.15, 0.2) is 59.5 Å². The molecule has 0 saturated carbocycles. The number of ether oxygens (including phenoxy) is 2. The molecule has 13 heteroatoms. The lowest BCUT2D eigenvalue weighted by Crippen LogP contribution is -2.38. The smallest absolute Gasteiger partial charge is 0.309 e. The highest BCUT2D eigenvalue weighted by Crippen LogP contribution is 2.46. The lowest BCUT2D eigenvalue weighted by molar-refractivity contribution is -0.149. The lowest BCUT2D eigenvalue weighted by atomic mass is 9.94. The van der Waals surface area contributed by atoms with E-state index < -0.39 is 17.7 Å². The number of esters is 1. The minimum atomic E-state index is -2.84. The van der Waals surface area contributed by atoms with E-state index in [4.69, 9.17) is 26.1 Å². The number of alkyl halides is 2. The van der Waals surface area contributed by atoms with Gasteiger partial charge in [-0.15, -0.1) is 0 Å². The first-order valence-electron chi connectivity index (χ1n) is 17.4. The van der Waals surface area contributed by atoms with Gasteiger partial charge in [-0.25, -0.2) is 23.4 Å². The van der Waals surface area contributed by atoms with Gasteiger partial charge in [0.2, 0.25) is 5.88 Å². The number of benzene rings is 2. The molecule has 0 radical (unpaired) electrons. The number of hydrogen-bond acceptors (Lipinski definition) is 9. The molecule has 1 N–H and O–H groups in total. The average molecular weight is 729 g/mol. The van der Waals surface area contributed by atoms with Crippen molar-refractivity contribution in [2.45, 2.75) is 52.0 Å². The third kappa shape index (κ3) is 6.49. The SMILES string of the molecule is CCOC(=O)C1CCN([C@H]2CCc3cc(-c4cccc(-c5cccc(Nc6nc(C(F)F)cc7cnn(C)c(=O)c67)c5C)c4Cl)nc(OC)c32)CC1. The predicted molar refractivity (Wildman–Crippen MR) is 196 cm³/mol. The van der Waals surface area contributed by atoms with Crippen LogP contribution < -0.4 is 15.6 Å². The Bertz CT molecular complexity index is 2240. The van der Waals surface area contributed by atoms with Crippen LogP contribution in [0.1, 0.15) is 61.0 Å². The van der Waals surface area contributed by atoms with Gasteiger partial charge in [0.15, 0.2) is 0 Å². The molecule has 2 aromatic carbocycles. The van der Waals surface area contributed by atoms with Crippen molar-refractivity contribution in [2.75, 3.05) is 32.1 Å². The van der Waals surface area contributed by atoms with Crippen LogP contribution in [0, 0.1) is 12.8 Å². The molecule has 3 aromatic heterocycles. The Morgan fingerprint density at radius 2 is 1.79 bits per heavy atom. The third-order valence-electron chi connectivity index (χ3n) is 10.2. The van der Waals surface area contributed by atoms with Gasteiger partial charge < -0.3 is 14.8 Å². The van der Waals surface area contributed by atoms with Gasteiger partial charge in [0, 0.05) is 40.9 Å². The van der Waals surface area contributed by atoms with Crippen LogP contribution in [0.2, 0.25) is 5.02 Å². The number of likely N-dealkylation sites (tertiary alicyclic amines) is 1. The fraction of sp³-hybridized carbons (Fsp3) is 0.359. The normalized spacial score (nSPS) is 16.3. The van der Waals surface area contributed by atoms with E-state index in [2.05, 4.69) is 26.4 Å². The van der Waals surface area contributed by atoms with Crippen molar-refractivity contribution in [3.63, 3.8) is 0 Å². The molecule has 7 rings (SSSR count). The van der Waals surface area contributed by atoms with Crippen molar-refractivity contribution >= 4 is 39.8 Å². The van der Waals surface area contributed by atoms with Gasteiger partial charge in [-0.1, -0.05) is 41.9 Å². The highest BCUT2D eigenvalue weighted by atomic mass is 35.5. The minimum absolute atomic E-state index is 0.0204. The highest BCUT2D eigenvalue weighted by Gasteiger charge is 2.36. The summed E-state index contributed by atoms with van der Waals surface area (Å²) >= 11 is 7.20. The maximum Gasteiger partial charge on any atom is 0.309 e. The second-order valence-corrected chi connectivity index (χ2v) is 13.6. The third-order valence-corrected chi connectivity index (χ3v) is 10.6. The van der Waals surface area contributed by atoms with Crippen LogP contribution in [0.5, 0.6) is 5.88 Å². The summed E-state index contributed by atoms with van der Waals surface area (Å²) in [5.74, 6) is 0.421. The van der Waals surface area contributed by atoms with Crippen LogP contribution in [-0.2, 0) is 23.0 Å². The van der Waals surface area contributed by atoms with E-state index in [1.807, 2.05) is 44.2 Å². The standard InChI is InChI=1S/C39H39ClF2N6O4/c1-5-52-39(50)22-14-16-48(17-15-22)31-13-12-23-18-29(46-37(51-4)32(23)31)27-10-6-9-26(34(27)40)25-8-7-11-28(21(25)2)44-36-33-24(19-30(45-36)35(41)42)20-43-47(3)38(33)49/h6-11,18-20,22,31,35H,5,12-17H2,1-4H3,(H,44,45)/t31-/m0/s1. The number of rotatable bonds is 9. The molecule has 2 aliphatic rings. The number of nitrogens with one attached hydrogen (secondary N) is 1. The Kier molecular flexibility index (Phi) is 9.95. The van der Waals surface area contributed by atoms with Crippen molar-refractivity contribution in [1.29, 1.82) is 0 Å². The Labute approximate surface area is 304 Å². The maximum absolute atomic E-state index is 13.8. The maximum atomic E-state index is 13.8. The molecule has 1 aliphatic heterocycles. The molecule has 0 bridgehead atoms. The molecule has 5 aromatic rings. The zero-order chi connectivity index (χ0) is 36.7. The number of halogens is 3. The summed E-state index contributed by atoms with van der Waals surface area (Å²) in [6.45, 7) is 5.73. The fourth-order valence-electron chi connectivity index (χ4n) is 7.55. The molecule has 270 valence electrons. The number of methoxy groups -OCH3 is 1. The van der Waals surface area contributed by atoms with Crippen molar-refractivity contribution in [3.05, 3.63) is 92.5 Å². The van der Waals surface area contributed by atoms with Gasteiger partial charge in [-0.2, -0.15) is 5.10 Å². The quantitative estimate of drug-likeness (QED) is 0.151. The van der Waals surface area contributed by atoms with Crippen LogP contribution >= 0.6 is 11.6 Å². The Hall–Kier alpha value is -4.94. The number of pyridine rings is 2. The Morgan fingerprint density at radius 1 is 1.06 bits per heavy atom. The molecule has 10 nitrogen and oxygen atoms in total. The summed E-state index contributed by atoms with van der Waals surface area (Å²) in [6, 6.07) is 14.8. The molecule has 52 heavy (non-hydrogen) atoms. The summed E-state index contributed by atoms with van der Waals surface area (Å²) in [5.41, 5.74) is 5.68. The fourth-order valence-corrected chi connectivity index (χ4v) is 7.88. The number of piperidine rings is 1. The predicted octanol–water partition coefficient (Wildman–Crippen LogP) is 7.97. The van der Waals surface area contributed by atoms with E-state index in [-0.39, 0.29) is 34.5 Å². The number of carbonyl (C=O) groups is 1. The lowest BCUT2D eigenvalue weighted by Gasteiger charge is -2.35. The number of aromatic nitrogens is 4. The zero-order valence-corrected chi connectivity index (χ0v) is 30.1. The van der Waals surface area contributed by atoms with Crippen LogP contribution in [0.3, 0.4) is 0 Å². The minimum Gasteiger partial charge on any atom is -0.481 e.